The number of rotatable bonds is 5. The number of anilines is 1. The van der Waals surface area contributed by atoms with Crippen molar-refractivity contribution in [1.82, 2.24) is 9.97 Å². The lowest BCUT2D eigenvalue weighted by molar-refractivity contribution is 0.0622. The third-order valence-corrected chi connectivity index (χ3v) is 3.58. The smallest absolute Gasteiger partial charge is 0.129 e. The lowest BCUT2D eigenvalue weighted by Gasteiger charge is -2.28. The second-order valence-corrected chi connectivity index (χ2v) is 5.03. The van der Waals surface area contributed by atoms with Crippen LogP contribution in [-0.4, -0.2) is 29.2 Å². The van der Waals surface area contributed by atoms with E-state index in [9.17, 15) is 0 Å². The normalized spacial score (nSPS) is 18.6. The molecule has 4 nitrogen and oxygen atoms in total. The van der Waals surface area contributed by atoms with Crippen molar-refractivity contribution in [3.63, 3.8) is 0 Å². The zero-order valence-corrected chi connectivity index (χ0v) is 11.4. The largest absolute Gasteiger partial charge is 0.381 e. The molecule has 1 aliphatic heterocycles. The van der Waals surface area contributed by atoms with E-state index >= 15 is 0 Å². The zero-order valence-electron chi connectivity index (χ0n) is 11.4. The van der Waals surface area contributed by atoms with E-state index in [0.29, 0.717) is 12.0 Å². The first kappa shape index (κ1) is 13.3. The summed E-state index contributed by atoms with van der Waals surface area (Å²) in [5.41, 5.74) is 1.12. The number of aryl methyl sites for hydroxylation is 1. The summed E-state index contributed by atoms with van der Waals surface area (Å²) in [5.74, 6) is 1.63. The Morgan fingerprint density at radius 1 is 1.39 bits per heavy atom. The molecule has 1 fully saturated rings. The molecule has 1 N–H and O–H groups in total. The average Bonchev–Trinajstić information content (AvgIpc) is 2.40. The highest BCUT2D eigenvalue weighted by atomic mass is 16.5. The van der Waals surface area contributed by atoms with Crippen LogP contribution < -0.4 is 5.32 Å². The third kappa shape index (κ3) is 3.67. The summed E-state index contributed by atoms with van der Waals surface area (Å²) >= 11 is 0. The van der Waals surface area contributed by atoms with E-state index in [4.69, 9.17) is 4.74 Å². The lowest BCUT2D eigenvalue weighted by Crippen LogP contribution is -2.31. The molecule has 0 bridgehead atoms. The van der Waals surface area contributed by atoms with Crippen molar-refractivity contribution < 1.29 is 4.74 Å². The molecule has 1 saturated heterocycles. The van der Waals surface area contributed by atoms with Gasteiger partial charge in [0.05, 0.1) is 0 Å². The standard InChI is InChI=1S/C14H23N3O/c1-3-4-13-9-14(16-10-15-13)17-11(2)12-5-7-18-8-6-12/h9-12H,3-8H2,1-2H3,(H,15,16,17). The molecule has 2 rings (SSSR count). The van der Waals surface area contributed by atoms with E-state index < -0.39 is 0 Å². The minimum Gasteiger partial charge on any atom is -0.381 e. The molecule has 2 heterocycles. The molecular formula is C14H23N3O. The van der Waals surface area contributed by atoms with E-state index in [-0.39, 0.29) is 0 Å². The van der Waals surface area contributed by atoms with Crippen molar-refractivity contribution in [3.8, 4) is 0 Å². The van der Waals surface area contributed by atoms with Gasteiger partial charge >= 0.3 is 0 Å². The van der Waals surface area contributed by atoms with Gasteiger partial charge in [0, 0.05) is 31.0 Å². The Bertz CT molecular complexity index is 364. The van der Waals surface area contributed by atoms with Gasteiger partial charge in [0.15, 0.2) is 0 Å². The second kappa shape index (κ2) is 6.69. The first-order chi connectivity index (χ1) is 8.79. The molecule has 0 saturated carbocycles. The Morgan fingerprint density at radius 2 is 2.17 bits per heavy atom. The Hall–Kier alpha value is -1.16. The van der Waals surface area contributed by atoms with Gasteiger partial charge in [-0.2, -0.15) is 0 Å². The summed E-state index contributed by atoms with van der Waals surface area (Å²) in [5, 5.41) is 3.50. The molecule has 1 aliphatic rings. The van der Waals surface area contributed by atoms with Crippen LogP contribution in [0.25, 0.3) is 0 Å². The van der Waals surface area contributed by atoms with Crippen LogP contribution in [0.2, 0.25) is 0 Å². The molecule has 4 heteroatoms. The molecule has 0 amide bonds. The number of hydrogen-bond donors (Lipinski definition) is 1. The van der Waals surface area contributed by atoms with Crippen LogP contribution in [0.3, 0.4) is 0 Å². The number of nitrogens with zero attached hydrogens (tertiary/aromatic N) is 2. The number of ether oxygens (including phenoxy) is 1. The lowest BCUT2D eigenvalue weighted by atomic mass is 9.93. The van der Waals surface area contributed by atoms with Crippen LogP contribution in [-0.2, 0) is 11.2 Å². The fourth-order valence-corrected chi connectivity index (χ4v) is 2.44. The van der Waals surface area contributed by atoms with Crippen molar-refractivity contribution >= 4 is 5.82 Å². The predicted octanol–water partition coefficient (Wildman–Crippen LogP) is 2.66. The van der Waals surface area contributed by atoms with Gasteiger partial charge in [0.25, 0.3) is 0 Å². The molecule has 1 aromatic heterocycles. The van der Waals surface area contributed by atoms with Crippen molar-refractivity contribution in [3.05, 3.63) is 18.1 Å². The van der Waals surface area contributed by atoms with Gasteiger partial charge in [-0.3, -0.25) is 0 Å². The number of nitrogens with one attached hydrogen (secondary N) is 1. The molecule has 0 spiro atoms. The van der Waals surface area contributed by atoms with Gasteiger partial charge in [0.2, 0.25) is 0 Å². The van der Waals surface area contributed by atoms with E-state index in [1.54, 1.807) is 6.33 Å². The molecule has 100 valence electrons. The first-order valence-electron chi connectivity index (χ1n) is 6.94. The molecule has 1 aromatic rings. The minimum atomic E-state index is 0.443. The fraction of sp³-hybridized carbons (Fsp3) is 0.714. The maximum Gasteiger partial charge on any atom is 0.129 e. The first-order valence-corrected chi connectivity index (χ1v) is 6.94. The zero-order chi connectivity index (χ0) is 12.8. The van der Waals surface area contributed by atoms with Crippen molar-refractivity contribution in [1.29, 1.82) is 0 Å². The predicted molar refractivity (Wildman–Crippen MR) is 72.7 cm³/mol. The SMILES string of the molecule is CCCc1cc(NC(C)C2CCOCC2)ncn1. The summed E-state index contributed by atoms with van der Waals surface area (Å²) in [4.78, 5) is 8.58. The monoisotopic (exact) mass is 249 g/mol. The van der Waals surface area contributed by atoms with Crippen molar-refractivity contribution in [2.24, 2.45) is 5.92 Å². The molecule has 18 heavy (non-hydrogen) atoms. The van der Waals surface area contributed by atoms with Gasteiger partial charge in [-0.15, -0.1) is 0 Å². The Morgan fingerprint density at radius 3 is 2.89 bits per heavy atom. The Labute approximate surface area is 109 Å². The van der Waals surface area contributed by atoms with Crippen molar-refractivity contribution in [2.45, 2.75) is 45.6 Å². The van der Waals surface area contributed by atoms with Crippen LogP contribution in [0.4, 0.5) is 5.82 Å². The van der Waals surface area contributed by atoms with E-state index in [0.717, 1.165) is 50.4 Å². The van der Waals surface area contributed by atoms with Crippen molar-refractivity contribution in [2.75, 3.05) is 18.5 Å². The number of hydrogen-bond acceptors (Lipinski definition) is 4. The fourth-order valence-electron chi connectivity index (χ4n) is 2.44. The van der Waals surface area contributed by atoms with Crippen LogP contribution >= 0.6 is 0 Å². The van der Waals surface area contributed by atoms with Crippen LogP contribution in [0.1, 0.15) is 38.8 Å². The molecule has 1 atom stereocenters. The van der Waals surface area contributed by atoms with E-state index in [2.05, 4.69) is 35.2 Å². The van der Waals surface area contributed by atoms with E-state index in [1.807, 2.05) is 0 Å². The summed E-state index contributed by atoms with van der Waals surface area (Å²) in [6, 6.07) is 2.51. The Balaban J connectivity index is 1.93. The average molecular weight is 249 g/mol. The maximum atomic E-state index is 5.40. The number of aromatic nitrogens is 2. The molecule has 0 aliphatic carbocycles. The van der Waals surface area contributed by atoms with Crippen LogP contribution in [0.15, 0.2) is 12.4 Å². The van der Waals surface area contributed by atoms with Crippen LogP contribution in [0.5, 0.6) is 0 Å². The second-order valence-electron chi connectivity index (χ2n) is 5.03. The van der Waals surface area contributed by atoms with Gasteiger partial charge in [-0.25, -0.2) is 9.97 Å². The summed E-state index contributed by atoms with van der Waals surface area (Å²) in [6.07, 6.45) is 6.07. The highest BCUT2D eigenvalue weighted by molar-refractivity contribution is 5.36. The van der Waals surface area contributed by atoms with E-state index in [1.165, 1.54) is 0 Å². The Kier molecular flexibility index (Phi) is 4.93. The van der Waals surface area contributed by atoms with Gasteiger partial charge in [0.1, 0.15) is 12.1 Å². The topological polar surface area (TPSA) is 47.0 Å². The summed E-state index contributed by atoms with van der Waals surface area (Å²) in [6.45, 7) is 6.18. The van der Waals surface area contributed by atoms with Gasteiger partial charge in [-0.1, -0.05) is 13.3 Å². The third-order valence-electron chi connectivity index (χ3n) is 3.58. The summed E-state index contributed by atoms with van der Waals surface area (Å²) in [7, 11) is 0. The van der Waals surface area contributed by atoms with Gasteiger partial charge in [-0.05, 0) is 32.1 Å². The molecule has 1 unspecified atom stereocenters. The molecule has 0 aromatic carbocycles. The van der Waals surface area contributed by atoms with Gasteiger partial charge < -0.3 is 10.1 Å². The minimum absolute atomic E-state index is 0.443. The van der Waals surface area contributed by atoms with Crippen LogP contribution in [0, 0.1) is 5.92 Å². The highest BCUT2D eigenvalue weighted by Gasteiger charge is 2.20. The quantitative estimate of drug-likeness (QED) is 0.871. The highest BCUT2D eigenvalue weighted by Crippen LogP contribution is 2.21. The molecular weight excluding hydrogens is 226 g/mol. The molecule has 0 radical (unpaired) electrons. The maximum absolute atomic E-state index is 5.40. The summed E-state index contributed by atoms with van der Waals surface area (Å²) < 4.78 is 5.40.